The number of hydrogen-bond acceptors (Lipinski definition) is 0. The highest BCUT2D eigenvalue weighted by molar-refractivity contribution is 4.65. The van der Waals surface area contributed by atoms with Crippen LogP contribution >= 0.6 is 0 Å². The van der Waals surface area contributed by atoms with E-state index in [4.69, 9.17) is 0 Å². The molecular weight excluding hydrogens is 228 g/mol. The first-order valence-corrected chi connectivity index (χ1v) is 9.24. The van der Waals surface area contributed by atoms with Crippen LogP contribution in [0.4, 0.5) is 0 Å². The van der Waals surface area contributed by atoms with Gasteiger partial charge in [0.15, 0.2) is 0 Å². The molecule has 0 fully saturated rings. The van der Waals surface area contributed by atoms with E-state index in [1.54, 1.807) is 0 Å². The first kappa shape index (κ1) is 19.0. The van der Waals surface area contributed by atoms with Gasteiger partial charge < -0.3 is 0 Å². The van der Waals surface area contributed by atoms with Crippen molar-refractivity contribution >= 4 is 0 Å². The molecule has 0 N–H and O–H groups in total. The van der Waals surface area contributed by atoms with E-state index >= 15 is 0 Å². The lowest BCUT2D eigenvalue weighted by Gasteiger charge is -2.21. The number of rotatable bonds is 14. The lowest BCUT2D eigenvalue weighted by molar-refractivity contribution is 0.317. The van der Waals surface area contributed by atoms with Crippen molar-refractivity contribution in [2.45, 2.75) is 111 Å². The minimum atomic E-state index is 0.959. The van der Waals surface area contributed by atoms with Gasteiger partial charge in [-0.2, -0.15) is 0 Å². The second-order valence-electron chi connectivity index (χ2n) is 6.69. The van der Waals surface area contributed by atoms with E-state index in [1.807, 2.05) is 0 Å². The molecular formula is C19H40. The highest BCUT2D eigenvalue weighted by atomic mass is 14.2. The van der Waals surface area contributed by atoms with Gasteiger partial charge in [0, 0.05) is 0 Å². The van der Waals surface area contributed by atoms with Crippen molar-refractivity contribution in [3.05, 3.63) is 0 Å². The molecule has 19 heavy (non-hydrogen) atoms. The Hall–Kier alpha value is 0. The second kappa shape index (κ2) is 14.4. The zero-order valence-corrected chi connectivity index (χ0v) is 14.3. The van der Waals surface area contributed by atoms with Crippen LogP contribution < -0.4 is 0 Å². The molecule has 0 heterocycles. The zero-order valence-electron chi connectivity index (χ0n) is 14.3. The summed E-state index contributed by atoms with van der Waals surface area (Å²) in [5.74, 6) is 1.98. The Bertz CT molecular complexity index is 161. The van der Waals surface area contributed by atoms with Gasteiger partial charge in [-0.05, 0) is 18.3 Å². The first-order chi connectivity index (χ1) is 9.24. The molecule has 0 aromatic carbocycles. The first-order valence-electron chi connectivity index (χ1n) is 9.24. The van der Waals surface area contributed by atoms with Crippen LogP contribution in [0.25, 0.3) is 0 Å². The standard InChI is InChI=1S/C19H40/c1-5-8-11-13-14-18(4)17-19(15-10-7-3)16-12-9-6-2/h18-19H,5-17H2,1-4H3. The van der Waals surface area contributed by atoms with Gasteiger partial charge >= 0.3 is 0 Å². The average Bonchev–Trinajstić information content (AvgIpc) is 2.41. The molecule has 116 valence electrons. The van der Waals surface area contributed by atoms with E-state index in [9.17, 15) is 0 Å². The predicted octanol–water partition coefficient (Wildman–Crippen LogP) is 7.37. The van der Waals surface area contributed by atoms with E-state index in [2.05, 4.69) is 27.7 Å². The summed E-state index contributed by atoms with van der Waals surface area (Å²) in [6.45, 7) is 9.44. The Morgan fingerprint density at radius 1 is 0.579 bits per heavy atom. The molecule has 0 saturated heterocycles. The van der Waals surface area contributed by atoms with Gasteiger partial charge in [-0.15, -0.1) is 0 Å². The molecule has 0 saturated carbocycles. The smallest absolute Gasteiger partial charge is 0.0412 e. The van der Waals surface area contributed by atoms with Crippen LogP contribution in [0.3, 0.4) is 0 Å². The van der Waals surface area contributed by atoms with E-state index < -0.39 is 0 Å². The van der Waals surface area contributed by atoms with E-state index in [1.165, 1.54) is 83.5 Å². The zero-order chi connectivity index (χ0) is 14.3. The van der Waals surface area contributed by atoms with Crippen LogP contribution in [-0.4, -0.2) is 0 Å². The van der Waals surface area contributed by atoms with Crippen molar-refractivity contribution in [1.29, 1.82) is 0 Å². The molecule has 0 bridgehead atoms. The van der Waals surface area contributed by atoms with Gasteiger partial charge in [-0.25, -0.2) is 0 Å². The highest BCUT2D eigenvalue weighted by Crippen LogP contribution is 2.26. The van der Waals surface area contributed by atoms with Crippen LogP contribution in [0.15, 0.2) is 0 Å². The quantitative estimate of drug-likeness (QED) is 0.288. The average molecular weight is 269 g/mol. The lowest BCUT2D eigenvalue weighted by atomic mass is 9.85. The Morgan fingerprint density at radius 2 is 1.11 bits per heavy atom. The van der Waals surface area contributed by atoms with Gasteiger partial charge in [0.25, 0.3) is 0 Å². The summed E-state index contributed by atoms with van der Waals surface area (Å²) in [5, 5.41) is 0. The summed E-state index contributed by atoms with van der Waals surface area (Å²) in [6, 6.07) is 0. The monoisotopic (exact) mass is 268 g/mol. The van der Waals surface area contributed by atoms with Crippen LogP contribution in [0.5, 0.6) is 0 Å². The molecule has 0 heteroatoms. The Kier molecular flexibility index (Phi) is 14.4. The van der Waals surface area contributed by atoms with Crippen molar-refractivity contribution < 1.29 is 0 Å². The maximum Gasteiger partial charge on any atom is -0.0412 e. The molecule has 0 aromatic rings. The van der Waals surface area contributed by atoms with E-state index in [-0.39, 0.29) is 0 Å². The summed E-state index contributed by atoms with van der Waals surface area (Å²) < 4.78 is 0. The van der Waals surface area contributed by atoms with E-state index in [0.717, 1.165) is 11.8 Å². The fraction of sp³-hybridized carbons (Fsp3) is 1.00. The topological polar surface area (TPSA) is 0 Å². The fourth-order valence-electron chi connectivity index (χ4n) is 3.16. The van der Waals surface area contributed by atoms with Crippen LogP contribution in [0.1, 0.15) is 111 Å². The third kappa shape index (κ3) is 12.8. The molecule has 2 unspecified atom stereocenters. The molecule has 0 aliphatic heterocycles. The largest absolute Gasteiger partial charge is 0.0654 e. The third-order valence-electron chi connectivity index (χ3n) is 4.47. The van der Waals surface area contributed by atoms with Crippen molar-refractivity contribution in [3.8, 4) is 0 Å². The van der Waals surface area contributed by atoms with Crippen molar-refractivity contribution in [2.24, 2.45) is 11.8 Å². The van der Waals surface area contributed by atoms with Crippen molar-refractivity contribution in [1.82, 2.24) is 0 Å². The summed E-state index contributed by atoms with van der Waals surface area (Å²) in [7, 11) is 0. The molecule has 0 radical (unpaired) electrons. The summed E-state index contributed by atoms with van der Waals surface area (Å²) >= 11 is 0. The van der Waals surface area contributed by atoms with Gasteiger partial charge in [-0.3, -0.25) is 0 Å². The van der Waals surface area contributed by atoms with Gasteiger partial charge in [-0.1, -0.05) is 105 Å². The van der Waals surface area contributed by atoms with Crippen LogP contribution in [0.2, 0.25) is 0 Å². The molecule has 0 rings (SSSR count). The highest BCUT2D eigenvalue weighted by Gasteiger charge is 2.12. The second-order valence-corrected chi connectivity index (χ2v) is 6.69. The van der Waals surface area contributed by atoms with E-state index in [0.29, 0.717) is 0 Å². The van der Waals surface area contributed by atoms with Crippen molar-refractivity contribution in [2.75, 3.05) is 0 Å². The molecule has 0 aromatic heterocycles. The van der Waals surface area contributed by atoms with Gasteiger partial charge in [0.2, 0.25) is 0 Å². The molecule has 0 amide bonds. The Labute approximate surface area is 123 Å². The van der Waals surface area contributed by atoms with Crippen LogP contribution in [-0.2, 0) is 0 Å². The maximum atomic E-state index is 2.49. The minimum Gasteiger partial charge on any atom is -0.0654 e. The van der Waals surface area contributed by atoms with Crippen LogP contribution in [0, 0.1) is 11.8 Å². The Morgan fingerprint density at radius 3 is 1.74 bits per heavy atom. The van der Waals surface area contributed by atoms with Gasteiger partial charge in [0.1, 0.15) is 0 Å². The summed E-state index contributed by atoms with van der Waals surface area (Å²) in [6.07, 6.45) is 18.7. The summed E-state index contributed by atoms with van der Waals surface area (Å²) in [4.78, 5) is 0. The third-order valence-corrected chi connectivity index (χ3v) is 4.47. The van der Waals surface area contributed by atoms with Crippen molar-refractivity contribution in [3.63, 3.8) is 0 Å². The normalized spacial score (nSPS) is 14.5. The fourth-order valence-corrected chi connectivity index (χ4v) is 3.16. The molecule has 0 aliphatic carbocycles. The molecule has 0 nitrogen and oxygen atoms in total. The SMILES string of the molecule is CCCCCCC(C)CC(CCCC)CCCCC. The van der Waals surface area contributed by atoms with Gasteiger partial charge in [0.05, 0.1) is 0 Å². The lowest BCUT2D eigenvalue weighted by Crippen LogP contribution is -2.07. The predicted molar refractivity (Wildman–Crippen MR) is 89.7 cm³/mol. The summed E-state index contributed by atoms with van der Waals surface area (Å²) in [5.41, 5.74) is 0. The molecule has 0 spiro atoms. The molecule has 0 aliphatic rings. The number of unbranched alkanes of at least 4 members (excludes halogenated alkanes) is 6. The minimum absolute atomic E-state index is 0.959. The Balaban J connectivity index is 3.79. The molecule has 2 atom stereocenters. The number of hydrogen-bond donors (Lipinski definition) is 0. The maximum absolute atomic E-state index is 2.49.